The van der Waals surface area contributed by atoms with Gasteiger partial charge in [-0.2, -0.15) is 5.10 Å². The molecule has 2 aliphatic heterocycles. The number of fused-ring (bicyclic) bond motifs is 3. The van der Waals surface area contributed by atoms with Gasteiger partial charge in [0.05, 0.1) is 47.9 Å². The highest BCUT2D eigenvalue weighted by Gasteiger charge is 2.36. The Morgan fingerprint density at radius 2 is 2.07 bits per heavy atom. The van der Waals surface area contributed by atoms with Crippen LogP contribution in [0.5, 0.6) is 0 Å². The Labute approximate surface area is 167 Å². The van der Waals surface area contributed by atoms with Crippen LogP contribution in [0.25, 0.3) is 10.9 Å². The molecule has 2 atom stereocenters. The molecule has 8 heteroatoms. The summed E-state index contributed by atoms with van der Waals surface area (Å²) in [4.78, 5) is 6.56. The van der Waals surface area contributed by atoms with Crippen molar-refractivity contribution in [2.45, 2.75) is 37.9 Å². The molecule has 0 aliphatic carbocycles. The summed E-state index contributed by atoms with van der Waals surface area (Å²) < 4.78 is 26.8. The molecule has 0 unspecified atom stereocenters. The van der Waals surface area contributed by atoms with Crippen LogP contribution in [0.1, 0.15) is 29.8 Å². The molecule has 3 N–H and O–H groups in total. The number of hydrogen-bond donors (Lipinski definition) is 3. The third kappa shape index (κ3) is 3.36. The van der Waals surface area contributed by atoms with Crippen LogP contribution in [-0.4, -0.2) is 58.2 Å². The molecule has 3 aromatic rings. The van der Waals surface area contributed by atoms with Gasteiger partial charge in [-0.1, -0.05) is 6.07 Å². The van der Waals surface area contributed by atoms with E-state index < -0.39 is 6.43 Å². The fourth-order valence-corrected chi connectivity index (χ4v) is 4.48. The standard InChI is InChI=1S/C21H24F2N6/c1-12-6-16-15(3-5-18-17(16)10-26-28-18)21(29(12)11-20(22)23)19-4-2-13(9-25-19)27-14-7-24-8-14/h2-5,9-10,12,14,20-21,24,27H,6-8,11H2,1H3,(H,26,28)/t12-,21+/m1/s1. The number of hydrogen-bond acceptors (Lipinski definition) is 5. The molecule has 1 fully saturated rings. The monoisotopic (exact) mass is 398 g/mol. The van der Waals surface area contributed by atoms with E-state index in [-0.39, 0.29) is 18.6 Å². The van der Waals surface area contributed by atoms with Crippen molar-refractivity contribution in [3.05, 3.63) is 53.5 Å². The summed E-state index contributed by atoms with van der Waals surface area (Å²) in [5.74, 6) is 0. The van der Waals surface area contributed by atoms with Crippen LogP contribution >= 0.6 is 0 Å². The van der Waals surface area contributed by atoms with Crippen LogP contribution < -0.4 is 10.6 Å². The molecule has 0 radical (unpaired) electrons. The molecule has 4 heterocycles. The molecule has 152 valence electrons. The largest absolute Gasteiger partial charge is 0.379 e. The lowest BCUT2D eigenvalue weighted by Gasteiger charge is -2.41. The number of benzene rings is 1. The minimum Gasteiger partial charge on any atom is -0.379 e. The van der Waals surface area contributed by atoms with Gasteiger partial charge in [0.2, 0.25) is 0 Å². The van der Waals surface area contributed by atoms with E-state index in [1.165, 1.54) is 5.56 Å². The summed E-state index contributed by atoms with van der Waals surface area (Å²) in [5, 5.41) is 14.9. The van der Waals surface area contributed by atoms with Crippen molar-refractivity contribution in [3.8, 4) is 0 Å². The van der Waals surface area contributed by atoms with E-state index in [0.717, 1.165) is 40.9 Å². The van der Waals surface area contributed by atoms with E-state index in [1.807, 2.05) is 48.5 Å². The molecule has 0 amide bonds. The number of halogens is 2. The third-order valence-corrected chi connectivity index (χ3v) is 6.03. The number of anilines is 1. The topological polar surface area (TPSA) is 68.9 Å². The molecule has 0 spiro atoms. The van der Waals surface area contributed by atoms with E-state index in [0.29, 0.717) is 12.5 Å². The molecule has 29 heavy (non-hydrogen) atoms. The number of alkyl halides is 2. The Bertz CT molecular complexity index is 998. The maximum Gasteiger partial charge on any atom is 0.251 e. The van der Waals surface area contributed by atoms with Crippen LogP contribution in [0.4, 0.5) is 14.5 Å². The van der Waals surface area contributed by atoms with Gasteiger partial charge in [-0.25, -0.2) is 8.78 Å². The van der Waals surface area contributed by atoms with Crippen molar-refractivity contribution in [2.24, 2.45) is 0 Å². The van der Waals surface area contributed by atoms with Gasteiger partial charge in [-0.15, -0.1) is 0 Å². The first-order valence-electron chi connectivity index (χ1n) is 10.0. The number of pyridine rings is 1. The number of H-pyrrole nitrogens is 1. The Balaban J connectivity index is 1.55. The molecule has 0 saturated carbocycles. The van der Waals surface area contributed by atoms with Gasteiger partial charge in [0, 0.05) is 24.5 Å². The summed E-state index contributed by atoms with van der Waals surface area (Å²) in [7, 11) is 0. The third-order valence-electron chi connectivity index (χ3n) is 6.03. The summed E-state index contributed by atoms with van der Waals surface area (Å²) in [6.07, 6.45) is 1.95. The van der Waals surface area contributed by atoms with Crippen LogP contribution in [0, 0.1) is 0 Å². The molecule has 5 rings (SSSR count). The number of aromatic nitrogens is 3. The number of aromatic amines is 1. The normalized spacial score (nSPS) is 22.6. The summed E-state index contributed by atoms with van der Waals surface area (Å²) >= 11 is 0. The van der Waals surface area contributed by atoms with Gasteiger partial charge in [0.1, 0.15) is 0 Å². The number of nitrogens with zero attached hydrogens (tertiary/aromatic N) is 3. The summed E-state index contributed by atoms with van der Waals surface area (Å²) in [6, 6.07) is 8.05. The van der Waals surface area contributed by atoms with Crippen molar-refractivity contribution in [1.29, 1.82) is 0 Å². The molecule has 2 aromatic heterocycles. The Morgan fingerprint density at radius 3 is 2.76 bits per heavy atom. The zero-order valence-corrected chi connectivity index (χ0v) is 16.2. The fraction of sp³-hybridized carbons (Fsp3) is 0.429. The highest BCUT2D eigenvalue weighted by Crippen LogP contribution is 2.40. The lowest BCUT2D eigenvalue weighted by molar-refractivity contribution is 0.0456. The molecular weight excluding hydrogens is 374 g/mol. The first-order chi connectivity index (χ1) is 14.1. The van der Waals surface area contributed by atoms with E-state index in [9.17, 15) is 8.78 Å². The molecule has 1 aromatic carbocycles. The Hall–Kier alpha value is -2.58. The van der Waals surface area contributed by atoms with Gasteiger partial charge in [0.25, 0.3) is 6.43 Å². The highest BCUT2D eigenvalue weighted by molar-refractivity contribution is 5.83. The van der Waals surface area contributed by atoms with Gasteiger partial charge < -0.3 is 10.6 Å². The first-order valence-corrected chi connectivity index (χ1v) is 10.0. The highest BCUT2D eigenvalue weighted by atomic mass is 19.3. The lowest BCUT2D eigenvalue weighted by Crippen LogP contribution is -2.51. The van der Waals surface area contributed by atoms with Crippen LogP contribution in [0.15, 0.2) is 36.7 Å². The predicted molar refractivity (Wildman–Crippen MR) is 108 cm³/mol. The second-order valence-electron chi connectivity index (χ2n) is 7.98. The van der Waals surface area contributed by atoms with Crippen LogP contribution in [0.2, 0.25) is 0 Å². The molecule has 2 aliphatic rings. The van der Waals surface area contributed by atoms with Crippen molar-refractivity contribution < 1.29 is 8.78 Å². The van der Waals surface area contributed by atoms with Crippen molar-refractivity contribution >= 4 is 16.6 Å². The van der Waals surface area contributed by atoms with Crippen LogP contribution in [-0.2, 0) is 6.42 Å². The number of rotatable bonds is 5. The smallest absolute Gasteiger partial charge is 0.251 e. The summed E-state index contributed by atoms with van der Waals surface area (Å²) in [6.45, 7) is 3.62. The van der Waals surface area contributed by atoms with E-state index in [2.05, 4.69) is 25.8 Å². The predicted octanol–water partition coefficient (Wildman–Crippen LogP) is 2.94. The van der Waals surface area contributed by atoms with Crippen molar-refractivity contribution in [2.75, 3.05) is 25.0 Å². The lowest BCUT2D eigenvalue weighted by atomic mass is 9.85. The average molecular weight is 398 g/mol. The zero-order valence-electron chi connectivity index (χ0n) is 16.2. The SMILES string of the molecule is C[C@@H]1Cc2c(ccc3[nH]ncc23)[C@@H](c2ccc(NC3CNC3)cn2)N1CC(F)F. The second-order valence-corrected chi connectivity index (χ2v) is 7.98. The maximum absolute atomic E-state index is 13.4. The van der Waals surface area contributed by atoms with Gasteiger partial charge in [-0.05, 0) is 42.7 Å². The second kappa shape index (κ2) is 7.35. The van der Waals surface area contributed by atoms with E-state index in [1.54, 1.807) is 0 Å². The summed E-state index contributed by atoms with van der Waals surface area (Å²) in [5.41, 5.74) is 4.92. The van der Waals surface area contributed by atoms with E-state index >= 15 is 0 Å². The van der Waals surface area contributed by atoms with Gasteiger partial charge >= 0.3 is 0 Å². The first kappa shape index (κ1) is 18.4. The van der Waals surface area contributed by atoms with Gasteiger partial charge in [-0.3, -0.25) is 15.0 Å². The fourth-order valence-electron chi connectivity index (χ4n) is 4.48. The van der Waals surface area contributed by atoms with E-state index in [4.69, 9.17) is 0 Å². The molecule has 0 bridgehead atoms. The van der Waals surface area contributed by atoms with Crippen LogP contribution in [0.3, 0.4) is 0 Å². The Kier molecular flexibility index (Phi) is 4.67. The zero-order chi connectivity index (χ0) is 20.0. The number of nitrogens with one attached hydrogen (secondary N) is 3. The molecular formula is C21H24F2N6. The molecule has 1 saturated heterocycles. The average Bonchev–Trinajstić information content (AvgIpc) is 3.15. The quantitative estimate of drug-likeness (QED) is 0.617. The molecule has 6 nitrogen and oxygen atoms in total. The van der Waals surface area contributed by atoms with Crippen molar-refractivity contribution in [3.63, 3.8) is 0 Å². The minimum atomic E-state index is -2.40. The Morgan fingerprint density at radius 1 is 1.21 bits per heavy atom. The minimum absolute atomic E-state index is 0.0253. The maximum atomic E-state index is 13.4. The van der Waals surface area contributed by atoms with Gasteiger partial charge in [0.15, 0.2) is 0 Å². The van der Waals surface area contributed by atoms with Crippen molar-refractivity contribution in [1.82, 2.24) is 25.4 Å².